The summed E-state index contributed by atoms with van der Waals surface area (Å²) >= 11 is 5.81. The molecule has 1 aliphatic heterocycles. The Labute approximate surface area is 98.0 Å². The molecule has 0 bridgehead atoms. The maximum absolute atomic E-state index is 5.81. The average Bonchev–Trinajstić information content (AvgIpc) is 3.10. The van der Waals surface area contributed by atoms with Gasteiger partial charge >= 0.3 is 0 Å². The molecule has 16 heavy (non-hydrogen) atoms. The van der Waals surface area contributed by atoms with Crippen molar-refractivity contribution in [3.63, 3.8) is 0 Å². The molecular weight excluding hydrogens is 226 g/mol. The summed E-state index contributed by atoms with van der Waals surface area (Å²) in [4.78, 5) is 4.21. The Morgan fingerprint density at radius 2 is 2.25 bits per heavy atom. The van der Waals surface area contributed by atoms with Crippen molar-refractivity contribution in [1.82, 2.24) is 4.98 Å². The van der Waals surface area contributed by atoms with Gasteiger partial charge in [-0.2, -0.15) is 0 Å². The van der Waals surface area contributed by atoms with Crippen LogP contribution in [-0.4, -0.2) is 24.3 Å². The number of fused-ring (bicyclic) bond motifs is 1. The van der Waals surface area contributed by atoms with Crippen molar-refractivity contribution in [2.75, 3.05) is 13.2 Å². The molecule has 3 rings (SSSR count). The fraction of sp³-hybridized carbons (Fsp3) is 0.250. The van der Waals surface area contributed by atoms with Crippen molar-refractivity contribution in [2.24, 2.45) is 0 Å². The minimum absolute atomic E-state index is 0.277. The minimum Gasteiger partial charge on any atom is -0.491 e. The number of epoxide rings is 1. The van der Waals surface area contributed by atoms with Crippen LogP contribution in [0.4, 0.5) is 0 Å². The highest BCUT2D eigenvalue weighted by atomic mass is 35.5. The monoisotopic (exact) mass is 235 g/mol. The van der Waals surface area contributed by atoms with Crippen molar-refractivity contribution in [3.05, 3.63) is 35.5 Å². The zero-order valence-corrected chi connectivity index (χ0v) is 9.28. The highest BCUT2D eigenvalue weighted by Crippen LogP contribution is 2.22. The van der Waals surface area contributed by atoms with Crippen molar-refractivity contribution in [3.8, 4) is 5.75 Å². The second-order valence-corrected chi connectivity index (χ2v) is 4.14. The van der Waals surface area contributed by atoms with Gasteiger partial charge < -0.3 is 9.47 Å². The Morgan fingerprint density at radius 3 is 3.06 bits per heavy atom. The second kappa shape index (κ2) is 3.92. The maximum atomic E-state index is 5.81. The molecule has 0 unspecified atom stereocenters. The molecule has 1 aromatic carbocycles. The van der Waals surface area contributed by atoms with E-state index >= 15 is 0 Å². The van der Waals surface area contributed by atoms with E-state index in [1.165, 1.54) is 0 Å². The summed E-state index contributed by atoms with van der Waals surface area (Å²) in [7, 11) is 0. The molecule has 0 saturated carbocycles. The van der Waals surface area contributed by atoms with Crippen molar-refractivity contribution >= 4 is 22.5 Å². The van der Waals surface area contributed by atoms with E-state index in [9.17, 15) is 0 Å². The second-order valence-electron chi connectivity index (χ2n) is 3.75. The standard InChI is InChI=1S/C12H10ClNO2/c13-12-4-1-8-5-9(2-3-11(8)14-12)15-6-10-7-16-10/h1-5,10H,6-7H2/t10-/m1/s1. The van der Waals surface area contributed by atoms with E-state index in [1.54, 1.807) is 6.07 Å². The quantitative estimate of drug-likeness (QED) is 0.606. The number of rotatable bonds is 3. The van der Waals surface area contributed by atoms with E-state index in [2.05, 4.69) is 4.98 Å². The zero-order chi connectivity index (χ0) is 11.0. The largest absolute Gasteiger partial charge is 0.491 e. The first-order valence-electron chi connectivity index (χ1n) is 5.12. The topological polar surface area (TPSA) is 34.6 Å². The van der Waals surface area contributed by atoms with Gasteiger partial charge in [-0.25, -0.2) is 4.98 Å². The number of hydrogen-bond acceptors (Lipinski definition) is 3. The first-order valence-corrected chi connectivity index (χ1v) is 5.50. The van der Waals surface area contributed by atoms with E-state index in [1.807, 2.05) is 24.3 Å². The molecule has 0 amide bonds. The van der Waals surface area contributed by atoms with Crippen LogP contribution in [0.15, 0.2) is 30.3 Å². The Balaban J connectivity index is 1.86. The lowest BCUT2D eigenvalue weighted by Crippen LogP contribution is -2.03. The molecule has 1 aliphatic rings. The normalized spacial score (nSPS) is 18.7. The van der Waals surface area contributed by atoms with Gasteiger partial charge in [0.05, 0.1) is 12.1 Å². The Hall–Kier alpha value is -1.32. The molecule has 4 heteroatoms. The zero-order valence-electron chi connectivity index (χ0n) is 8.52. The molecule has 0 aliphatic carbocycles. The van der Waals surface area contributed by atoms with Gasteiger partial charge in [-0.1, -0.05) is 11.6 Å². The molecule has 1 saturated heterocycles. The predicted molar refractivity (Wildman–Crippen MR) is 62.0 cm³/mol. The SMILES string of the molecule is Clc1ccc2cc(OC[C@@H]3CO3)ccc2n1. The molecule has 1 fully saturated rings. The Bertz CT molecular complexity index is 525. The third-order valence-electron chi connectivity index (χ3n) is 2.46. The summed E-state index contributed by atoms with van der Waals surface area (Å²) in [5.74, 6) is 0.840. The Kier molecular flexibility index (Phi) is 2.42. The highest BCUT2D eigenvalue weighted by Gasteiger charge is 2.22. The number of halogens is 1. The molecule has 2 aromatic rings. The molecule has 0 radical (unpaired) electrons. The third kappa shape index (κ3) is 2.10. The highest BCUT2D eigenvalue weighted by molar-refractivity contribution is 6.29. The summed E-state index contributed by atoms with van der Waals surface area (Å²) in [5, 5.41) is 1.53. The van der Waals surface area contributed by atoms with Gasteiger partial charge in [0.1, 0.15) is 23.6 Å². The van der Waals surface area contributed by atoms with Crippen molar-refractivity contribution in [1.29, 1.82) is 0 Å². The lowest BCUT2D eigenvalue weighted by atomic mass is 10.2. The van der Waals surface area contributed by atoms with Crippen LogP contribution < -0.4 is 4.74 Å². The van der Waals surface area contributed by atoms with Crippen LogP contribution in [0.5, 0.6) is 5.75 Å². The fourth-order valence-electron chi connectivity index (χ4n) is 1.52. The van der Waals surface area contributed by atoms with Crippen LogP contribution in [0.1, 0.15) is 0 Å². The van der Waals surface area contributed by atoms with Gasteiger partial charge in [0.15, 0.2) is 0 Å². The van der Waals surface area contributed by atoms with Gasteiger partial charge in [0.2, 0.25) is 0 Å². The van der Waals surface area contributed by atoms with Crippen molar-refractivity contribution < 1.29 is 9.47 Å². The smallest absolute Gasteiger partial charge is 0.129 e. The first-order chi connectivity index (χ1) is 7.81. The number of pyridine rings is 1. The van der Waals surface area contributed by atoms with Crippen molar-refractivity contribution in [2.45, 2.75) is 6.10 Å². The van der Waals surface area contributed by atoms with Gasteiger partial charge in [-0.3, -0.25) is 0 Å². The average molecular weight is 236 g/mol. The van der Waals surface area contributed by atoms with Gasteiger partial charge in [-0.15, -0.1) is 0 Å². The number of aromatic nitrogens is 1. The third-order valence-corrected chi connectivity index (χ3v) is 2.68. The summed E-state index contributed by atoms with van der Waals surface area (Å²) in [5.41, 5.74) is 0.877. The van der Waals surface area contributed by atoms with Crippen LogP contribution in [0.25, 0.3) is 10.9 Å². The van der Waals surface area contributed by atoms with Crippen LogP contribution in [0.2, 0.25) is 5.15 Å². The number of ether oxygens (including phenoxy) is 2. The summed E-state index contributed by atoms with van der Waals surface area (Å²) < 4.78 is 10.7. The van der Waals surface area contributed by atoms with Gasteiger partial charge in [0, 0.05) is 5.39 Å². The predicted octanol–water partition coefficient (Wildman–Crippen LogP) is 2.67. The van der Waals surface area contributed by atoms with Gasteiger partial charge in [0.25, 0.3) is 0 Å². The fourth-order valence-corrected chi connectivity index (χ4v) is 1.68. The van der Waals surface area contributed by atoms with Gasteiger partial charge in [-0.05, 0) is 30.3 Å². The molecule has 0 N–H and O–H groups in total. The Morgan fingerprint density at radius 1 is 1.38 bits per heavy atom. The summed E-state index contributed by atoms with van der Waals surface area (Å²) in [6.45, 7) is 1.43. The van der Waals surface area contributed by atoms with E-state index in [4.69, 9.17) is 21.1 Å². The van der Waals surface area contributed by atoms with Crippen LogP contribution in [-0.2, 0) is 4.74 Å². The van der Waals surface area contributed by atoms with E-state index < -0.39 is 0 Å². The lowest BCUT2D eigenvalue weighted by Gasteiger charge is -2.05. The van der Waals surface area contributed by atoms with E-state index in [0.29, 0.717) is 11.8 Å². The molecule has 82 valence electrons. The van der Waals surface area contributed by atoms with E-state index in [0.717, 1.165) is 23.3 Å². The van der Waals surface area contributed by atoms with Crippen LogP contribution >= 0.6 is 11.6 Å². The molecular formula is C12H10ClNO2. The molecule has 3 nitrogen and oxygen atoms in total. The maximum Gasteiger partial charge on any atom is 0.129 e. The lowest BCUT2D eigenvalue weighted by molar-refractivity contribution is 0.263. The van der Waals surface area contributed by atoms with Crippen LogP contribution in [0, 0.1) is 0 Å². The number of benzene rings is 1. The molecule has 2 heterocycles. The van der Waals surface area contributed by atoms with Crippen LogP contribution in [0.3, 0.4) is 0 Å². The molecule has 1 aromatic heterocycles. The molecule has 0 spiro atoms. The summed E-state index contributed by atoms with van der Waals surface area (Å²) in [6.07, 6.45) is 0.277. The summed E-state index contributed by atoms with van der Waals surface area (Å²) in [6, 6.07) is 9.47. The molecule has 1 atom stereocenters. The number of nitrogens with zero attached hydrogens (tertiary/aromatic N) is 1. The minimum atomic E-state index is 0.277. The number of hydrogen-bond donors (Lipinski definition) is 0. The first kappa shape index (κ1) is 9.87. The van der Waals surface area contributed by atoms with E-state index in [-0.39, 0.29) is 6.10 Å².